The van der Waals surface area contributed by atoms with Gasteiger partial charge in [0.25, 0.3) is 0 Å². The van der Waals surface area contributed by atoms with Crippen LogP contribution in [-0.2, 0) is 0 Å². The number of furan rings is 1. The van der Waals surface area contributed by atoms with Gasteiger partial charge in [0.05, 0.1) is 5.69 Å². The van der Waals surface area contributed by atoms with Crippen LogP contribution in [0.15, 0.2) is 186 Å². The molecule has 0 aliphatic heterocycles. The van der Waals surface area contributed by atoms with Crippen molar-refractivity contribution >= 4 is 49.8 Å². The Bertz CT molecular complexity index is 2680. The van der Waals surface area contributed by atoms with Crippen LogP contribution in [0.25, 0.3) is 66.1 Å². The van der Waals surface area contributed by atoms with Gasteiger partial charge >= 0.3 is 0 Å². The van der Waals surface area contributed by atoms with Crippen molar-refractivity contribution in [3.63, 3.8) is 0 Å². The molecule has 8 aromatic carbocycles. The van der Waals surface area contributed by atoms with Gasteiger partial charge in [-0.25, -0.2) is 0 Å². The predicted octanol–water partition coefficient (Wildman–Crippen LogP) is 15.3. The Kier molecular flexibility index (Phi) is 8.30. The van der Waals surface area contributed by atoms with Crippen molar-refractivity contribution in [2.24, 2.45) is 0 Å². The maximum absolute atomic E-state index is 6.49. The van der Waals surface area contributed by atoms with Gasteiger partial charge in [-0.2, -0.15) is 0 Å². The van der Waals surface area contributed by atoms with Crippen molar-refractivity contribution in [2.45, 2.75) is 38.0 Å². The van der Waals surface area contributed by atoms with Crippen LogP contribution in [-0.4, -0.2) is 0 Å². The smallest absolute Gasteiger partial charge is 0.137 e. The van der Waals surface area contributed by atoms with Gasteiger partial charge in [-0.05, 0) is 105 Å². The second-order valence-corrected chi connectivity index (χ2v) is 14.7. The zero-order chi connectivity index (χ0) is 35.8. The summed E-state index contributed by atoms with van der Waals surface area (Å²) in [6, 6.07) is 66.2. The summed E-state index contributed by atoms with van der Waals surface area (Å²) in [4.78, 5) is 2.48. The van der Waals surface area contributed by atoms with E-state index in [0.717, 1.165) is 33.3 Å². The number of rotatable bonds is 7. The van der Waals surface area contributed by atoms with E-state index < -0.39 is 0 Å². The van der Waals surface area contributed by atoms with Crippen molar-refractivity contribution < 1.29 is 4.42 Å². The Balaban J connectivity index is 1.18. The predicted molar refractivity (Wildman–Crippen MR) is 228 cm³/mol. The zero-order valence-electron chi connectivity index (χ0n) is 30.3. The van der Waals surface area contributed by atoms with Crippen molar-refractivity contribution in [3.05, 3.63) is 188 Å². The van der Waals surface area contributed by atoms with Gasteiger partial charge in [0, 0.05) is 28.2 Å². The molecule has 0 saturated heterocycles. The summed E-state index contributed by atoms with van der Waals surface area (Å²) in [6.07, 6.45) is 6.30. The highest BCUT2D eigenvalue weighted by Crippen LogP contribution is 2.48. The molecule has 1 saturated carbocycles. The summed E-state index contributed by atoms with van der Waals surface area (Å²) in [7, 11) is 0. The first-order chi connectivity index (χ1) is 26.8. The molecule has 1 fully saturated rings. The number of hydrogen-bond donors (Lipinski definition) is 0. The fraction of sp³-hybridized carbons (Fsp3) is 0.115. The van der Waals surface area contributed by atoms with E-state index in [0.29, 0.717) is 5.92 Å². The Morgan fingerprint density at radius 1 is 0.426 bits per heavy atom. The Morgan fingerprint density at radius 2 is 1.04 bits per heavy atom. The fourth-order valence-corrected chi connectivity index (χ4v) is 8.94. The van der Waals surface area contributed by atoms with E-state index in [1.165, 1.54) is 87.5 Å². The summed E-state index contributed by atoms with van der Waals surface area (Å²) in [6.45, 7) is 0. The van der Waals surface area contributed by atoms with Crippen LogP contribution in [0.5, 0.6) is 0 Å². The molecule has 10 rings (SSSR count). The molecular formula is C52H41NO. The van der Waals surface area contributed by atoms with E-state index in [9.17, 15) is 0 Å². The van der Waals surface area contributed by atoms with E-state index in [4.69, 9.17) is 4.42 Å². The molecular weight excluding hydrogens is 655 g/mol. The summed E-state index contributed by atoms with van der Waals surface area (Å²) in [5.74, 6) is 0.503. The first-order valence-corrected chi connectivity index (χ1v) is 19.4. The molecule has 1 aliphatic carbocycles. The molecule has 1 aromatic heterocycles. The average Bonchev–Trinajstić information content (AvgIpc) is 3.62. The van der Waals surface area contributed by atoms with Gasteiger partial charge in [0.15, 0.2) is 0 Å². The van der Waals surface area contributed by atoms with Gasteiger partial charge in [-0.1, -0.05) is 159 Å². The molecule has 0 unspecified atom stereocenters. The molecule has 0 amide bonds. The summed E-state index contributed by atoms with van der Waals surface area (Å²) >= 11 is 0. The van der Waals surface area contributed by atoms with Gasteiger partial charge in [-0.15, -0.1) is 0 Å². The number of hydrogen-bond acceptors (Lipinski definition) is 2. The maximum Gasteiger partial charge on any atom is 0.137 e. The number of anilines is 3. The number of nitrogens with zero attached hydrogens (tertiary/aromatic N) is 1. The lowest BCUT2D eigenvalue weighted by atomic mass is 9.81. The molecule has 0 spiro atoms. The van der Waals surface area contributed by atoms with Crippen LogP contribution in [0, 0.1) is 0 Å². The normalized spacial score (nSPS) is 13.5. The first-order valence-electron chi connectivity index (χ1n) is 19.4. The van der Waals surface area contributed by atoms with Crippen molar-refractivity contribution in [3.8, 4) is 33.4 Å². The lowest BCUT2D eigenvalue weighted by Crippen LogP contribution is -2.15. The third kappa shape index (κ3) is 5.76. The Hall–Kier alpha value is -6.38. The van der Waals surface area contributed by atoms with Crippen LogP contribution in [0.1, 0.15) is 43.6 Å². The van der Waals surface area contributed by atoms with E-state index in [2.05, 4.69) is 181 Å². The minimum absolute atomic E-state index is 0.503. The molecule has 1 heterocycles. The standard InChI is InChI=1S/C52H41NO/c1-4-15-36(16-5-1)43-24-14-25-44(37-17-6-2-7-18-37)51(43)40-27-30-41(31-28-40)53(42-32-33-47-46-23-12-13-26-49(46)54-50(47)35-42)48-34-29-38-19-10-11-22-45(38)52(48)39-20-8-3-9-21-39/h1-2,4-7,10-19,22-35,39H,3,8-9,20-21H2. The van der Waals surface area contributed by atoms with Crippen LogP contribution < -0.4 is 4.90 Å². The Labute approximate surface area is 316 Å². The van der Waals surface area contributed by atoms with Crippen LogP contribution in [0.2, 0.25) is 0 Å². The topological polar surface area (TPSA) is 16.4 Å². The summed E-state index contributed by atoms with van der Waals surface area (Å²) in [5, 5.41) is 4.95. The van der Waals surface area contributed by atoms with Crippen LogP contribution in [0.3, 0.4) is 0 Å². The van der Waals surface area contributed by atoms with Crippen molar-refractivity contribution in [1.29, 1.82) is 0 Å². The monoisotopic (exact) mass is 695 g/mol. The quantitative estimate of drug-likeness (QED) is 0.165. The average molecular weight is 696 g/mol. The summed E-state index contributed by atoms with van der Waals surface area (Å²) in [5.41, 5.74) is 14.1. The third-order valence-corrected chi connectivity index (χ3v) is 11.5. The van der Waals surface area contributed by atoms with E-state index in [1.54, 1.807) is 0 Å². The largest absolute Gasteiger partial charge is 0.456 e. The second-order valence-electron chi connectivity index (χ2n) is 14.7. The SMILES string of the molecule is c1ccc(-c2cccc(-c3ccccc3)c2-c2ccc(N(c3ccc4c(c3)oc3ccccc34)c3ccc4ccccc4c3C3CCCCC3)cc2)cc1. The van der Waals surface area contributed by atoms with Gasteiger partial charge in [0.1, 0.15) is 11.2 Å². The van der Waals surface area contributed by atoms with Crippen molar-refractivity contribution in [1.82, 2.24) is 0 Å². The van der Waals surface area contributed by atoms with Crippen LogP contribution >= 0.6 is 0 Å². The molecule has 0 N–H and O–H groups in total. The fourth-order valence-electron chi connectivity index (χ4n) is 8.94. The van der Waals surface area contributed by atoms with Gasteiger partial charge < -0.3 is 9.32 Å². The highest BCUT2D eigenvalue weighted by molar-refractivity contribution is 6.06. The molecule has 1 aliphatic rings. The first kappa shape index (κ1) is 32.3. The number of benzene rings is 8. The molecule has 0 bridgehead atoms. The molecule has 0 atom stereocenters. The minimum atomic E-state index is 0.503. The minimum Gasteiger partial charge on any atom is -0.456 e. The molecule has 2 nitrogen and oxygen atoms in total. The lowest BCUT2D eigenvalue weighted by Gasteiger charge is -2.33. The maximum atomic E-state index is 6.49. The van der Waals surface area contributed by atoms with Gasteiger partial charge in [0.2, 0.25) is 0 Å². The van der Waals surface area contributed by atoms with E-state index >= 15 is 0 Å². The van der Waals surface area contributed by atoms with E-state index in [1.807, 2.05) is 6.07 Å². The van der Waals surface area contributed by atoms with E-state index in [-0.39, 0.29) is 0 Å². The highest BCUT2D eigenvalue weighted by atomic mass is 16.3. The molecule has 9 aromatic rings. The number of para-hydroxylation sites is 1. The number of fused-ring (bicyclic) bond motifs is 4. The molecule has 54 heavy (non-hydrogen) atoms. The third-order valence-electron chi connectivity index (χ3n) is 11.5. The Morgan fingerprint density at radius 3 is 1.76 bits per heavy atom. The lowest BCUT2D eigenvalue weighted by molar-refractivity contribution is 0.446. The second kappa shape index (κ2) is 13.9. The molecule has 260 valence electrons. The summed E-state index contributed by atoms with van der Waals surface area (Å²) < 4.78 is 6.49. The van der Waals surface area contributed by atoms with Crippen molar-refractivity contribution in [2.75, 3.05) is 4.90 Å². The molecule has 2 heteroatoms. The molecule has 0 radical (unpaired) electrons. The van der Waals surface area contributed by atoms with Crippen LogP contribution in [0.4, 0.5) is 17.1 Å². The highest BCUT2D eigenvalue weighted by Gasteiger charge is 2.26. The zero-order valence-corrected chi connectivity index (χ0v) is 30.3. The van der Waals surface area contributed by atoms with Gasteiger partial charge in [-0.3, -0.25) is 0 Å².